The quantitative estimate of drug-likeness (QED) is 0.285. The van der Waals surface area contributed by atoms with Gasteiger partial charge < -0.3 is 19.5 Å². The van der Waals surface area contributed by atoms with Crippen molar-refractivity contribution in [2.24, 2.45) is 0 Å². The first kappa shape index (κ1) is 24.9. The third kappa shape index (κ3) is 5.89. The maximum Gasteiger partial charge on any atom is 0.347 e. The van der Waals surface area contributed by atoms with E-state index in [4.69, 9.17) is 4.42 Å². The number of carbonyl (C=O) groups excluding carboxylic acids is 1. The van der Waals surface area contributed by atoms with E-state index >= 15 is 0 Å². The molecule has 2 aromatic carbocycles. The van der Waals surface area contributed by atoms with Crippen molar-refractivity contribution in [3.05, 3.63) is 81.7 Å². The largest absolute Gasteiger partial charge is 0.422 e. The zero-order valence-corrected chi connectivity index (χ0v) is 21.1. The highest BCUT2D eigenvalue weighted by Crippen LogP contribution is 2.23. The lowest BCUT2D eigenvalue weighted by atomic mass is 10.0. The van der Waals surface area contributed by atoms with Gasteiger partial charge in [0.25, 0.3) is 0 Å². The lowest BCUT2D eigenvalue weighted by Crippen LogP contribution is -2.41. The SMILES string of the molecule is CCNC(C)c1ccc2cc(C(=O)C=Cc3ccc(N(C)C4CCN(C)CC4)cc3)c(=O)oc2c1. The van der Waals surface area contributed by atoms with Gasteiger partial charge in [0.05, 0.1) is 0 Å². The van der Waals surface area contributed by atoms with Gasteiger partial charge in [-0.3, -0.25) is 4.79 Å². The van der Waals surface area contributed by atoms with Crippen LogP contribution in [0.15, 0.2) is 63.8 Å². The number of carbonyl (C=O) groups is 1. The Bertz CT molecular complexity index is 1250. The first-order valence-electron chi connectivity index (χ1n) is 12.4. The second kappa shape index (κ2) is 11.0. The van der Waals surface area contributed by atoms with Crippen LogP contribution >= 0.6 is 0 Å². The van der Waals surface area contributed by atoms with Gasteiger partial charge in [-0.1, -0.05) is 37.3 Å². The summed E-state index contributed by atoms with van der Waals surface area (Å²) >= 11 is 0. The van der Waals surface area contributed by atoms with Crippen molar-refractivity contribution in [3.63, 3.8) is 0 Å². The lowest BCUT2D eigenvalue weighted by Gasteiger charge is -2.36. The molecule has 3 aromatic rings. The molecule has 184 valence electrons. The fraction of sp³-hybridized carbons (Fsp3) is 0.379. The van der Waals surface area contributed by atoms with Crippen molar-refractivity contribution >= 4 is 28.5 Å². The van der Waals surface area contributed by atoms with Crippen LogP contribution in [0.2, 0.25) is 0 Å². The Balaban J connectivity index is 1.46. The molecular formula is C29H35N3O3. The predicted octanol–water partition coefficient (Wildman–Crippen LogP) is 4.89. The van der Waals surface area contributed by atoms with E-state index in [0.29, 0.717) is 11.6 Å². The third-order valence-corrected chi connectivity index (χ3v) is 7.00. The summed E-state index contributed by atoms with van der Waals surface area (Å²) in [6.07, 6.45) is 5.50. The molecule has 1 fully saturated rings. The van der Waals surface area contributed by atoms with Gasteiger partial charge in [-0.25, -0.2) is 4.79 Å². The first-order valence-corrected chi connectivity index (χ1v) is 12.4. The molecule has 0 spiro atoms. The number of likely N-dealkylation sites (tertiary alicyclic amines) is 1. The van der Waals surface area contributed by atoms with Crippen molar-refractivity contribution in [2.45, 2.75) is 38.8 Å². The Kier molecular flexibility index (Phi) is 7.83. The smallest absolute Gasteiger partial charge is 0.347 e. The summed E-state index contributed by atoms with van der Waals surface area (Å²) in [7, 11) is 4.32. The van der Waals surface area contributed by atoms with E-state index < -0.39 is 5.63 Å². The minimum Gasteiger partial charge on any atom is -0.422 e. The number of hydrogen-bond acceptors (Lipinski definition) is 6. The zero-order chi connectivity index (χ0) is 24.9. The fourth-order valence-corrected chi connectivity index (χ4v) is 4.67. The maximum atomic E-state index is 12.8. The van der Waals surface area contributed by atoms with Crippen LogP contribution in [0.5, 0.6) is 0 Å². The molecule has 1 unspecified atom stereocenters. The molecule has 0 radical (unpaired) electrons. The van der Waals surface area contributed by atoms with Crippen molar-refractivity contribution < 1.29 is 9.21 Å². The molecule has 1 aromatic heterocycles. The monoisotopic (exact) mass is 473 g/mol. The number of anilines is 1. The van der Waals surface area contributed by atoms with Crippen molar-refractivity contribution in [1.29, 1.82) is 0 Å². The molecule has 4 rings (SSSR count). The Hall–Kier alpha value is -3.22. The van der Waals surface area contributed by atoms with Crippen LogP contribution < -0.4 is 15.8 Å². The summed E-state index contributed by atoms with van der Waals surface area (Å²) in [5.41, 5.74) is 3.02. The van der Waals surface area contributed by atoms with Crippen LogP contribution in [-0.2, 0) is 0 Å². The molecule has 1 aliphatic heterocycles. The molecule has 2 heterocycles. The number of ketones is 1. The van der Waals surface area contributed by atoms with E-state index in [1.54, 1.807) is 12.1 Å². The summed E-state index contributed by atoms with van der Waals surface area (Å²) < 4.78 is 5.49. The van der Waals surface area contributed by atoms with E-state index in [-0.39, 0.29) is 17.4 Å². The van der Waals surface area contributed by atoms with E-state index in [1.165, 1.54) is 11.8 Å². The molecule has 0 aliphatic carbocycles. The Morgan fingerprint density at radius 3 is 2.57 bits per heavy atom. The molecule has 6 nitrogen and oxygen atoms in total. The topological polar surface area (TPSA) is 65.8 Å². The molecular weight excluding hydrogens is 438 g/mol. The van der Waals surface area contributed by atoms with Crippen LogP contribution in [0.4, 0.5) is 5.69 Å². The number of fused-ring (bicyclic) bond motifs is 1. The molecule has 35 heavy (non-hydrogen) atoms. The number of nitrogens with zero attached hydrogens (tertiary/aromatic N) is 2. The number of nitrogens with one attached hydrogen (secondary N) is 1. The average molecular weight is 474 g/mol. The molecule has 1 saturated heterocycles. The highest BCUT2D eigenvalue weighted by Gasteiger charge is 2.20. The summed E-state index contributed by atoms with van der Waals surface area (Å²) in [5.74, 6) is -0.363. The lowest BCUT2D eigenvalue weighted by molar-refractivity contribution is 0.104. The molecule has 0 bridgehead atoms. The molecule has 1 N–H and O–H groups in total. The van der Waals surface area contributed by atoms with Gasteiger partial charge in [0.15, 0.2) is 5.78 Å². The minimum absolute atomic E-state index is 0.0415. The fourth-order valence-electron chi connectivity index (χ4n) is 4.67. The minimum atomic E-state index is -0.615. The van der Waals surface area contributed by atoms with E-state index in [2.05, 4.69) is 48.3 Å². The van der Waals surface area contributed by atoms with Gasteiger partial charge in [0.1, 0.15) is 11.1 Å². The van der Waals surface area contributed by atoms with Crippen molar-refractivity contribution in [3.8, 4) is 0 Å². The number of piperidine rings is 1. The van der Waals surface area contributed by atoms with Gasteiger partial charge >= 0.3 is 5.63 Å². The summed E-state index contributed by atoms with van der Waals surface area (Å²) in [6, 6.07) is 16.2. The van der Waals surface area contributed by atoms with E-state index in [9.17, 15) is 9.59 Å². The summed E-state index contributed by atoms with van der Waals surface area (Å²) in [6.45, 7) is 7.20. The van der Waals surface area contributed by atoms with Crippen LogP contribution in [-0.4, -0.2) is 50.5 Å². The Morgan fingerprint density at radius 1 is 1.17 bits per heavy atom. The molecule has 1 aliphatic rings. The van der Waals surface area contributed by atoms with Gasteiger partial charge in [-0.05, 0) is 87.9 Å². The number of allylic oxidation sites excluding steroid dienone is 1. The normalized spacial score (nSPS) is 16.1. The zero-order valence-electron chi connectivity index (χ0n) is 21.1. The highest BCUT2D eigenvalue weighted by atomic mass is 16.4. The van der Waals surface area contributed by atoms with Crippen LogP contribution in [0.25, 0.3) is 17.0 Å². The van der Waals surface area contributed by atoms with Gasteiger partial charge in [0, 0.05) is 30.2 Å². The Morgan fingerprint density at radius 2 is 1.89 bits per heavy atom. The number of hydrogen-bond donors (Lipinski definition) is 1. The predicted molar refractivity (Wildman–Crippen MR) is 143 cm³/mol. The second-order valence-corrected chi connectivity index (χ2v) is 9.46. The van der Waals surface area contributed by atoms with E-state index in [0.717, 1.165) is 49.0 Å². The standard InChI is InChI=1S/C29H35N3O3/c1-5-30-20(2)22-9-10-23-18-26(29(34)35-28(23)19-22)27(33)13-8-21-6-11-24(12-7-21)32(4)25-14-16-31(3)17-15-25/h6-13,18-20,25,30H,5,14-17H2,1-4H3. The third-order valence-electron chi connectivity index (χ3n) is 7.00. The number of benzene rings is 2. The molecule has 0 saturated carbocycles. The van der Waals surface area contributed by atoms with Crippen molar-refractivity contribution in [2.75, 3.05) is 38.6 Å². The maximum absolute atomic E-state index is 12.8. The summed E-state index contributed by atoms with van der Waals surface area (Å²) in [5, 5.41) is 4.07. The van der Waals surface area contributed by atoms with Gasteiger partial charge in [-0.15, -0.1) is 0 Å². The molecule has 6 heteroatoms. The van der Waals surface area contributed by atoms with Gasteiger partial charge in [0.2, 0.25) is 0 Å². The highest BCUT2D eigenvalue weighted by molar-refractivity contribution is 6.07. The second-order valence-electron chi connectivity index (χ2n) is 9.46. The van der Waals surface area contributed by atoms with Crippen LogP contribution in [0, 0.1) is 0 Å². The van der Waals surface area contributed by atoms with Crippen LogP contribution in [0.1, 0.15) is 54.2 Å². The molecule has 0 amide bonds. The number of rotatable bonds is 8. The molecule has 1 atom stereocenters. The first-order chi connectivity index (χ1) is 16.9. The van der Waals surface area contributed by atoms with Crippen LogP contribution in [0.3, 0.4) is 0 Å². The van der Waals surface area contributed by atoms with Gasteiger partial charge in [-0.2, -0.15) is 0 Å². The average Bonchev–Trinajstić information content (AvgIpc) is 2.87. The Labute approximate surface area is 207 Å². The van der Waals surface area contributed by atoms with E-state index in [1.807, 2.05) is 37.3 Å². The van der Waals surface area contributed by atoms with Crippen molar-refractivity contribution in [1.82, 2.24) is 10.2 Å². The summed E-state index contributed by atoms with van der Waals surface area (Å²) in [4.78, 5) is 30.0.